The monoisotopic (exact) mass is 353 g/mol. The molecule has 2 aliphatic rings. The molecule has 2 bridgehead atoms. The lowest BCUT2D eigenvalue weighted by molar-refractivity contribution is 0.613. The summed E-state index contributed by atoms with van der Waals surface area (Å²) in [5, 5.41) is 0.738. The van der Waals surface area contributed by atoms with Crippen molar-refractivity contribution in [1.29, 1.82) is 0 Å². The lowest BCUT2D eigenvalue weighted by Crippen LogP contribution is -2.42. The van der Waals surface area contributed by atoms with Crippen molar-refractivity contribution in [3.8, 4) is 0 Å². The molecule has 3 aromatic heterocycles. The molecule has 25 heavy (non-hydrogen) atoms. The minimum Gasteiger partial charge on any atom is -0.366 e. The molecule has 1 atom stereocenters. The van der Waals surface area contributed by atoms with Gasteiger partial charge in [0.25, 0.3) is 5.56 Å². The molecule has 1 unspecified atom stereocenters. The summed E-state index contributed by atoms with van der Waals surface area (Å²) < 4.78 is 0. The first-order valence-electron chi connectivity index (χ1n) is 8.56. The number of H-pyrrole nitrogens is 1. The van der Waals surface area contributed by atoms with Crippen LogP contribution >= 0.6 is 11.3 Å². The van der Waals surface area contributed by atoms with Gasteiger partial charge in [0.15, 0.2) is 0 Å². The van der Waals surface area contributed by atoms with Crippen LogP contribution < -0.4 is 15.4 Å². The Morgan fingerprint density at radius 1 is 1.36 bits per heavy atom. The van der Waals surface area contributed by atoms with E-state index in [1.165, 1.54) is 11.4 Å². The number of fused-ring (bicyclic) bond motifs is 5. The van der Waals surface area contributed by atoms with Gasteiger partial charge in [-0.05, 0) is 31.9 Å². The minimum absolute atomic E-state index is 0.0261. The fraction of sp³-hybridized carbons (Fsp3) is 0.389. The number of aromatic nitrogens is 3. The van der Waals surface area contributed by atoms with Gasteiger partial charge in [-0.2, -0.15) is 0 Å². The van der Waals surface area contributed by atoms with Crippen LogP contribution in [0.5, 0.6) is 0 Å². The Bertz CT molecular complexity index is 1040. The number of pyridine rings is 1. The molecule has 0 amide bonds. The van der Waals surface area contributed by atoms with Crippen LogP contribution in [0.4, 0.5) is 11.4 Å². The summed E-state index contributed by atoms with van der Waals surface area (Å²) in [7, 11) is 0. The molecule has 0 aromatic carbocycles. The van der Waals surface area contributed by atoms with E-state index in [1.54, 1.807) is 11.3 Å². The molecule has 3 aromatic rings. The Morgan fingerprint density at radius 2 is 2.24 bits per heavy atom. The van der Waals surface area contributed by atoms with E-state index in [9.17, 15) is 4.79 Å². The van der Waals surface area contributed by atoms with Crippen LogP contribution in [0.3, 0.4) is 0 Å². The highest BCUT2D eigenvalue weighted by molar-refractivity contribution is 7.18. The molecule has 2 aliphatic heterocycles. The van der Waals surface area contributed by atoms with E-state index in [-0.39, 0.29) is 5.56 Å². The third-order valence-corrected chi connectivity index (χ3v) is 6.54. The maximum absolute atomic E-state index is 12.6. The number of rotatable bonds is 2. The molecule has 128 valence electrons. The molecule has 1 saturated heterocycles. The Morgan fingerprint density at radius 3 is 3.12 bits per heavy atom. The zero-order valence-electron chi connectivity index (χ0n) is 14.2. The second-order valence-electron chi connectivity index (χ2n) is 6.86. The summed E-state index contributed by atoms with van der Waals surface area (Å²) in [4.78, 5) is 31.4. The molecule has 5 rings (SSSR count). The maximum Gasteiger partial charge on any atom is 0.259 e. The van der Waals surface area contributed by atoms with Gasteiger partial charge in [-0.3, -0.25) is 9.78 Å². The normalized spacial score (nSPS) is 18.9. The van der Waals surface area contributed by atoms with Crippen LogP contribution in [0.1, 0.15) is 22.7 Å². The van der Waals surface area contributed by atoms with E-state index in [0.29, 0.717) is 12.6 Å². The standard InChI is InChI=1S/C18H19N5OS/c1-10-11(2)25-18-16(10)17(24)20-15(21-18)9-23-12-4-6-22(8-12)14-7-19-5-3-13(14)23/h3,5,7,12H,4,6,8-9H2,1-2H3,(H,20,21,24). The number of anilines is 2. The lowest BCUT2D eigenvalue weighted by atomic mass is 10.1. The fourth-order valence-electron chi connectivity index (χ4n) is 4.03. The quantitative estimate of drug-likeness (QED) is 0.767. The Balaban J connectivity index is 1.58. The largest absolute Gasteiger partial charge is 0.366 e. The Hall–Kier alpha value is -2.41. The minimum atomic E-state index is -0.0261. The van der Waals surface area contributed by atoms with Gasteiger partial charge in [-0.1, -0.05) is 0 Å². The van der Waals surface area contributed by atoms with E-state index in [1.807, 2.05) is 26.2 Å². The molecule has 0 radical (unpaired) electrons. The number of nitrogens with zero attached hydrogens (tertiary/aromatic N) is 4. The summed E-state index contributed by atoms with van der Waals surface area (Å²) in [6.07, 6.45) is 4.90. The highest BCUT2D eigenvalue weighted by Gasteiger charge is 2.36. The first kappa shape index (κ1) is 14.9. The van der Waals surface area contributed by atoms with Crippen molar-refractivity contribution >= 4 is 32.9 Å². The summed E-state index contributed by atoms with van der Waals surface area (Å²) in [6, 6.07) is 2.53. The van der Waals surface area contributed by atoms with Crippen molar-refractivity contribution in [3.63, 3.8) is 0 Å². The predicted octanol–water partition coefficient (Wildman–Crippen LogP) is 2.60. The Labute approximate surface area is 149 Å². The highest BCUT2D eigenvalue weighted by atomic mass is 32.1. The van der Waals surface area contributed by atoms with Gasteiger partial charge in [-0.15, -0.1) is 11.3 Å². The topological polar surface area (TPSA) is 65.1 Å². The average Bonchev–Trinajstić information content (AvgIpc) is 3.15. The molecule has 1 fully saturated rings. The van der Waals surface area contributed by atoms with Crippen molar-refractivity contribution in [2.75, 3.05) is 22.9 Å². The molecule has 1 N–H and O–H groups in total. The second kappa shape index (κ2) is 5.29. The van der Waals surface area contributed by atoms with Crippen LogP contribution in [0, 0.1) is 13.8 Å². The molecule has 5 heterocycles. The van der Waals surface area contributed by atoms with E-state index >= 15 is 0 Å². The Kier molecular flexibility index (Phi) is 3.15. The van der Waals surface area contributed by atoms with Gasteiger partial charge in [-0.25, -0.2) is 4.98 Å². The van der Waals surface area contributed by atoms with Crippen molar-refractivity contribution in [3.05, 3.63) is 45.1 Å². The molecule has 0 spiro atoms. The van der Waals surface area contributed by atoms with Crippen LogP contribution in [0.2, 0.25) is 0 Å². The lowest BCUT2D eigenvalue weighted by Gasteiger charge is -2.37. The molecule has 6 nitrogen and oxygen atoms in total. The maximum atomic E-state index is 12.6. The number of aromatic amines is 1. The number of aryl methyl sites for hydroxylation is 2. The zero-order valence-corrected chi connectivity index (χ0v) is 15.1. The number of nitrogens with one attached hydrogen (secondary N) is 1. The van der Waals surface area contributed by atoms with Crippen molar-refractivity contribution < 1.29 is 0 Å². The zero-order chi connectivity index (χ0) is 17.1. The van der Waals surface area contributed by atoms with Gasteiger partial charge in [0.1, 0.15) is 10.7 Å². The average molecular weight is 353 g/mol. The number of hydrogen-bond acceptors (Lipinski definition) is 6. The van der Waals surface area contributed by atoms with Crippen LogP contribution in [0.25, 0.3) is 10.2 Å². The summed E-state index contributed by atoms with van der Waals surface area (Å²) in [5.74, 6) is 0.738. The smallest absolute Gasteiger partial charge is 0.259 e. The van der Waals surface area contributed by atoms with E-state index in [2.05, 4.69) is 25.8 Å². The summed E-state index contributed by atoms with van der Waals surface area (Å²) in [6.45, 7) is 6.73. The third-order valence-electron chi connectivity index (χ3n) is 5.44. The van der Waals surface area contributed by atoms with Crippen LogP contribution in [0.15, 0.2) is 23.3 Å². The fourth-order valence-corrected chi connectivity index (χ4v) is 5.08. The van der Waals surface area contributed by atoms with Crippen molar-refractivity contribution in [1.82, 2.24) is 15.0 Å². The van der Waals surface area contributed by atoms with Crippen LogP contribution in [-0.4, -0.2) is 34.1 Å². The van der Waals surface area contributed by atoms with Gasteiger partial charge in [0, 0.05) is 30.2 Å². The van der Waals surface area contributed by atoms with E-state index in [4.69, 9.17) is 4.98 Å². The SMILES string of the molecule is Cc1sc2nc(CN3c4ccncc4N4CCC3C4)[nH]c(=O)c2c1C. The van der Waals surface area contributed by atoms with Gasteiger partial charge >= 0.3 is 0 Å². The van der Waals surface area contributed by atoms with Gasteiger partial charge in [0.05, 0.1) is 29.5 Å². The molecular weight excluding hydrogens is 334 g/mol. The first-order chi connectivity index (χ1) is 12.1. The number of hydrogen-bond donors (Lipinski definition) is 1. The summed E-state index contributed by atoms with van der Waals surface area (Å²) in [5.41, 5.74) is 3.38. The van der Waals surface area contributed by atoms with Gasteiger partial charge < -0.3 is 14.8 Å². The molecule has 7 heteroatoms. The predicted molar refractivity (Wildman–Crippen MR) is 101 cm³/mol. The van der Waals surface area contributed by atoms with Crippen molar-refractivity contribution in [2.24, 2.45) is 0 Å². The highest BCUT2D eigenvalue weighted by Crippen LogP contribution is 2.39. The molecule has 0 aliphatic carbocycles. The van der Waals surface area contributed by atoms with E-state index < -0.39 is 0 Å². The summed E-state index contributed by atoms with van der Waals surface area (Å²) >= 11 is 1.60. The van der Waals surface area contributed by atoms with Crippen molar-refractivity contribution in [2.45, 2.75) is 32.9 Å². The first-order valence-corrected chi connectivity index (χ1v) is 9.38. The molecular formula is C18H19N5OS. The second-order valence-corrected chi connectivity index (χ2v) is 8.06. The van der Waals surface area contributed by atoms with E-state index in [0.717, 1.165) is 46.0 Å². The third kappa shape index (κ3) is 2.18. The van der Waals surface area contributed by atoms with Gasteiger partial charge in [0.2, 0.25) is 0 Å². The van der Waals surface area contributed by atoms with Crippen LogP contribution in [-0.2, 0) is 6.54 Å². The molecule has 0 saturated carbocycles. The number of thiophene rings is 1.